The highest BCUT2D eigenvalue weighted by Gasteiger charge is 2.14. The molecule has 98 valence electrons. The van der Waals surface area contributed by atoms with Gasteiger partial charge in [0.25, 0.3) is 5.91 Å². The van der Waals surface area contributed by atoms with E-state index in [1.54, 1.807) is 13.2 Å². The van der Waals surface area contributed by atoms with Gasteiger partial charge in [-0.1, -0.05) is 6.07 Å². The molecular weight excluding hydrogens is 244 g/mol. The normalized spacial score (nSPS) is 10.0. The van der Waals surface area contributed by atoms with Crippen LogP contribution in [-0.4, -0.2) is 32.8 Å². The van der Waals surface area contributed by atoms with E-state index in [0.29, 0.717) is 12.4 Å². The van der Waals surface area contributed by atoms with Gasteiger partial charge < -0.3 is 10.3 Å². The maximum Gasteiger partial charge on any atom is 0.274 e. The summed E-state index contributed by atoms with van der Waals surface area (Å²) < 4.78 is 0. The van der Waals surface area contributed by atoms with Crippen molar-refractivity contribution in [2.24, 2.45) is 5.84 Å². The third-order valence-corrected chi connectivity index (χ3v) is 2.47. The minimum Gasteiger partial charge on any atom is -0.334 e. The van der Waals surface area contributed by atoms with Gasteiger partial charge in [-0.3, -0.25) is 14.8 Å². The lowest BCUT2D eigenvalue weighted by atomic mass is 10.3. The smallest absolute Gasteiger partial charge is 0.274 e. The molecule has 0 atom stereocenters. The molecule has 0 radical (unpaired) electrons. The molecule has 2 aromatic heterocycles. The highest BCUT2D eigenvalue weighted by Crippen LogP contribution is 2.06. The monoisotopic (exact) mass is 258 g/mol. The molecule has 2 heterocycles. The molecule has 7 heteroatoms. The molecule has 0 saturated carbocycles. The Hall–Kier alpha value is -2.54. The Bertz CT molecular complexity index is 559. The Kier molecular flexibility index (Phi) is 3.99. The first-order valence-corrected chi connectivity index (χ1v) is 5.64. The molecule has 0 bridgehead atoms. The van der Waals surface area contributed by atoms with Crippen LogP contribution in [-0.2, 0) is 6.54 Å². The van der Waals surface area contributed by atoms with Crippen molar-refractivity contribution in [3.8, 4) is 0 Å². The molecule has 0 fully saturated rings. The Labute approximate surface area is 110 Å². The summed E-state index contributed by atoms with van der Waals surface area (Å²) >= 11 is 0. The molecule has 19 heavy (non-hydrogen) atoms. The Morgan fingerprint density at radius 1 is 1.42 bits per heavy atom. The standard InChI is InChI=1S/C12H14N6O/c1-18(8-9-4-2-3-5-15-9)12(19)10-6-14-7-11(16-10)17-13/h2-7H,8,13H2,1H3,(H,16,17). The number of nitrogens with zero attached hydrogens (tertiary/aromatic N) is 4. The molecule has 0 saturated heterocycles. The maximum atomic E-state index is 12.1. The highest BCUT2D eigenvalue weighted by molar-refractivity contribution is 5.92. The summed E-state index contributed by atoms with van der Waals surface area (Å²) in [6, 6.07) is 5.56. The number of carbonyl (C=O) groups excluding carboxylic acids is 1. The summed E-state index contributed by atoms with van der Waals surface area (Å²) in [5, 5.41) is 0. The van der Waals surface area contributed by atoms with Gasteiger partial charge in [0.1, 0.15) is 5.69 Å². The van der Waals surface area contributed by atoms with Gasteiger partial charge in [0.15, 0.2) is 5.82 Å². The zero-order valence-corrected chi connectivity index (χ0v) is 10.4. The molecule has 2 rings (SSSR count). The summed E-state index contributed by atoms with van der Waals surface area (Å²) in [7, 11) is 1.68. The third-order valence-electron chi connectivity index (χ3n) is 2.47. The number of amides is 1. The topological polar surface area (TPSA) is 97.0 Å². The van der Waals surface area contributed by atoms with Crippen LogP contribution in [0, 0.1) is 0 Å². The fourth-order valence-electron chi connectivity index (χ4n) is 1.54. The molecule has 0 unspecified atom stereocenters. The lowest BCUT2D eigenvalue weighted by molar-refractivity contribution is 0.0777. The molecule has 0 aliphatic rings. The number of hydrogen-bond donors (Lipinski definition) is 2. The van der Waals surface area contributed by atoms with Gasteiger partial charge >= 0.3 is 0 Å². The largest absolute Gasteiger partial charge is 0.334 e. The van der Waals surface area contributed by atoms with E-state index in [0.717, 1.165) is 5.69 Å². The van der Waals surface area contributed by atoms with Gasteiger partial charge in [-0.2, -0.15) is 0 Å². The Morgan fingerprint density at radius 2 is 2.26 bits per heavy atom. The number of hydrazine groups is 1. The molecule has 0 aromatic carbocycles. The number of nitrogen functional groups attached to an aromatic ring is 1. The van der Waals surface area contributed by atoms with Crippen LogP contribution >= 0.6 is 0 Å². The van der Waals surface area contributed by atoms with Crippen molar-refractivity contribution in [1.82, 2.24) is 19.9 Å². The van der Waals surface area contributed by atoms with Crippen LogP contribution < -0.4 is 11.3 Å². The second-order valence-corrected chi connectivity index (χ2v) is 3.92. The van der Waals surface area contributed by atoms with E-state index in [1.807, 2.05) is 18.2 Å². The Morgan fingerprint density at radius 3 is 2.95 bits per heavy atom. The van der Waals surface area contributed by atoms with Crippen molar-refractivity contribution < 1.29 is 4.79 Å². The number of nitrogens with one attached hydrogen (secondary N) is 1. The van der Waals surface area contributed by atoms with E-state index in [4.69, 9.17) is 5.84 Å². The van der Waals surface area contributed by atoms with Crippen molar-refractivity contribution in [3.63, 3.8) is 0 Å². The van der Waals surface area contributed by atoms with Crippen LogP contribution in [0.15, 0.2) is 36.8 Å². The summed E-state index contributed by atoms with van der Waals surface area (Å²) in [5.41, 5.74) is 3.39. The SMILES string of the molecule is CN(Cc1ccccn1)C(=O)c1cncc(NN)n1. The fraction of sp³-hybridized carbons (Fsp3) is 0.167. The summed E-state index contributed by atoms with van der Waals surface area (Å²) in [6.45, 7) is 0.404. The number of pyridine rings is 1. The zero-order chi connectivity index (χ0) is 13.7. The number of aromatic nitrogens is 3. The molecule has 0 spiro atoms. The van der Waals surface area contributed by atoms with Crippen molar-refractivity contribution in [1.29, 1.82) is 0 Å². The molecule has 2 aromatic rings. The third kappa shape index (κ3) is 3.23. The van der Waals surface area contributed by atoms with E-state index < -0.39 is 0 Å². The second kappa shape index (κ2) is 5.87. The minimum atomic E-state index is -0.241. The van der Waals surface area contributed by atoms with Crippen LogP contribution in [0.2, 0.25) is 0 Å². The van der Waals surface area contributed by atoms with Crippen LogP contribution in [0.3, 0.4) is 0 Å². The lowest BCUT2D eigenvalue weighted by Gasteiger charge is -2.16. The number of rotatable bonds is 4. The summed E-state index contributed by atoms with van der Waals surface area (Å²) in [6.07, 6.45) is 4.53. The van der Waals surface area contributed by atoms with Crippen molar-refractivity contribution in [3.05, 3.63) is 48.2 Å². The van der Waals surface area contributed by atoms with Crippen LogP contribution in [0.5, 0.6) is 0 Å². The minimum absolute atomic E-state index is 0.230. The van der Waals surface area contributed by atoms with Crippen LogP contribution in [0.25, 0.3) is 0 Å². The first-order chi connectivity index (χ1) is 9.20. The van der Waals surface area contributed by atoms with Gasteiger partial charge in [0.05, 0.1) is 24.6 Å². The summed E-state index contributed by atoms with van der Waals surface area (Å²) in [5.74, 6) is 5.34. The van der Waals surface area contributed by atoms with Crippen molar-refractivity contribution >= 4 is 11.7 Å². The van der Waals surface area contributed by atoms with E-state index in [-0.39, 0.29) is 11.6 Å². The van der Waals surface area contributed by atoms with E-state index in [9.17, 15) is 4.79 Å². The Balaban J connectivity index is 2.10. The number of carbonyl (C=O) groups is 1. The van der Waals surface area contributed by atoms with E-state index in [2.05, 4.69) is 20.4 Å². The van der Waals surface area contributed by atoms with E-state index in [1.165, 1.54) is 17.3 Å². The number of hydrogen-bond acceptors (Lipinski definition) is 6. The highest BCUT2D eigenvalue weighted by atomic mass is 16.2. The first kappa shape index (κ1) is 12.9. The van der Waals surface area contributed by atoms with Gasteiger partial charge in [-0.15, -0.1) is 0 Å². The molecular formula is C12H14N6O. The predicted molar refractivity (Wildman–Crippen MR) is 69.9 cm³/mol. The fourth-order valence-corrected chi connectivity index (χ4v) is 1.54. The zero-order valence-electron chi connectivity index (χ0n) is 10.4. The van der Waals surface area contributed by atoms with Gasteiger partial charge in [-0.25, -0.2) is 10.8 Å². The van der Waals surface area contributed by atoms with Crippen LogP contribution in [0.1, 0.15) is 16.2 Å². The number of nitrogens with two attached hydrogens (primary N) is 1. The van der Waals surface area contributed by atoms with Gasteiger partial charge in [0.2, 0.25) is 0 Å². The lowest BCUT2D eigenvalue weighted by Crippen LogP contribution is -2.28. The predicted octanol–water partition coefficient (Wildman–Crippen LogP) is 0.429. The molecule has 1 amide bonds. The quantitative estimate of drug-likeness (QED) is 0.609. The van der Waals surface area contributed by atoms with E-state index >= 15 is 0 Å². The van der Waals surface area contributed by atoms with Gasteiger partial charge in [0, 0.05) is 13.2 Å². The molecule has 0 aliphatic carbocycles. The van der Waals surface area contributed by atoms with Crippen LogP contribution in [0.4, 0.5) is 5.82 Å². The number of anilines is 1. The summed E-state index contributed by atoms with van der Waals surface area (Å²) in [4.78, 5) is 25.8. The van der Waals surface area contributed by atoms with Crippen molar-refractivity contribution in [2.75, 3.05) is 12.5 Å². The first-order valence-electron chi connectivity index (χ1n) is 5.64. The van der Waals surface area contributed by atoms with Gasteiger partial charge in [-0.05, 0) is 12.1 Å². The maximum absolute atomic E-state index is 12.1. The molecule has 7 nitrogen and oxygen atoms in total. The van der Waals surface area contributed by atoms with Crippen molar-refractivity contribution in [2.45, 2.75) is 6.54 Å². The average Bonchev–Trinajstić information content (AvgIpc) is 2.47. The molecule has 3 N–H and O–H groups in total. The molecule has 0 aliphatic heterocycles. The average molecular weight is 258 g/mol. The second-order valence-electron chi connectivity index (χ2n) is 3.92.